The lowest BCUT2D eigenvalue weighted by Crippen LogP contribution is -2.49. The van der Waals surface area contributed by atoms with Crippen molar-refractivity contribution < 1.29 is 4.79 Å². The van der Waals surface area contributed by atoms with Gasteiger partial charge in [-0.05, 0) is 37.3 Å². The lowest BCUT2D eigenvalue weighted by Gasteiger charge is -2.35. The van der Waals surface area contributed by atoms with Crippen LogP contribution in [0.5, 0.6) is 0 Å². The minimum absolute atomic E-state index is 0.00516. The zero-order valence-corrected chi connectivity index (χ0v) is 13.0. The molecule has 1 aliphatic heterocycles. The summed E-state index contributed by atoms with van der Waals surface area (Å²) >= 11 is 7.79. The van der Waals surface area contributed by atoms with Crippen molar-refractivity contribution in [2.45, 2.75) is 25.8 Å². The summed E-state index contributed by atoms with van der Waals surface area (Å²) in [5, 5.41) is 3.43. The molecule has 1 saturated carbocycles. The van der Waals surface area contributed by atoms with Gasteiger partial charge in [0, 0.05) is 24.1 Å². The first-order valence-electron chi connectivity index (χ1n) is 6.92. The van der Waals surface area contributed by atoms with Crippen molar-refractivity contribution in [1.29, 1.82) is 0 Å². The quantitative estimate of drug-likeness (QED) is 0.851. The molecule has 1 aromatic heterocycles. The number of thioether (sulfide) groups is 1. The molecule has 2 heterocycles. The summed E-state index contributed by atoms with van der Waals surface area (Å²) < 4.78 is 0. The number of aromatic nitrogens is 1. The average Bonchev–Trinajstić information content (AvgIpc) is 3.26. The molecule has 1 N–H and O–H groups in total. The van der Waals surface area contributed by atoms with E-state index in [0.29, 0.717) is 17.1 Å². The van der Waals surface area contributed by atoms with Gasteiger partial charge in [-0.3, -0.25) is 0 Å². The van der Waals surface area contributed by atoms with Crippen LogP contribution in [-0.2, 0) is 0 Å². The van der Waals surface area contributed by atoms with E-state index in [-0.39, 0.29) is 6.03 Å². The molecule has 1 aromatic rings. The summed E-state index contributed by atoms with van der Waals surface area (Å²) in [5.74, 6) is 2.79. The highest BCUT2D eigenvalue weighted by atomic mass is 35.5. The zero-order chi connectivity index (χ0) is 14.1. The molecular formula is C14H18ClN3OS. The van der Waals surface area contributed by atoms with Crippen LogP contribution in [0.15, 0.2) is 12.3 Å². The van der Waals surface area contributed by atoms with Crippen LogP contribution >= 0.6 is 23.4 Å². The number of aryl methyl sites for hydroxylation is 1. The molecule has 20 heavy (non-hydrogen) atoms. The number of nitrogens with zero attached hydrogens (tertiary/aromatic N) is 2. The van der Waals surface area contributed by atoms with Gasteiger partial charge in [0.05, 0.1) is 11.9 Å². The summed E-state index contributed by atoms with van der Waals surface area (Å²) in [6, 6.07) is 2.16. The third kappa shape index (κ3) is 3.04. The van der Waals surface area contributed by atoms with Crippen LogP contribution in [0.1, 0.15) is 18.4 Å². The lowest BCUT2D eigenvalue weighted by molar-refractivity contribution is 0.188. The van der Waals surface area contributed by atoms with Crippen LogP contribution in [0, 0.1) is 12.8 Å². The molecule has 0 radical (unpaired) electrons. The Balaban J connectivity index is 1.71. The average molecular weight is 312 g/mol. The Labute approximate surface area is 128 Å². The Bertz CT molecular complexity index is 521. The predicted molar refractivity (Wildman–Crippen MR) is 83.5 cm³/mol. The molecule has 1 aliphatic carbocycles. The van der Waals surface area contributed by atoms with Crippen molar-refractivity contribution >= 4 is 35.1 Å². The second kappa shape index (κ2) is 5.82. The topological polar surface area (TPSA) is 45.2 Å². The van der Waals surface area contributed by atoms with Crippen molar-refractivity contribution in [1.82, 2.24) is 9.88 Å². The van der Waals surface area contributed by atoms with Gasteiger partial charge in [-0.25, -0.2) is 9.78 Å². The largest absolute Gasteiger partial charge is 0.322 e. The molecule has 6 heteroatoms. The molecular weight excluding hydrogens is 294 g/mol. The molecule has 0 bridgehead atoms. The Morgan fingerprint density at radius 1 is 1.55 bits per heavy atom. The molecule has 2 amide bonds. The molecule has 1 atom stereocenters. The van der Waals surface area contributed by atoms with Crippen LogP contribution in [0.25, 0.3) is 0 Å². The van der Waals surface area contributed by atoms with E-state index in [4.69, 9.17) is 11.6 Å². The maximum atomic E-state index is 12.5. The fourth-order valence-electron chi connectivity index (χ4n) is 2.59. The Hall–Kier alpha value is -0.940. The molecule has 3 rings (SSSR count). The smallest absolute Gasteiger partial charge is 0.320 e. The summed E-state index contributed by atoms with van der Waals surface area (Å²) in [4.78, 5) is 18.5. The van der Waals surface area contributed by atoms with E-state index < -0.39 is 0 Å². The summed E-state index contributed by atoms with van der Waals surface area (Å²) in [6.07, 6.45) is 4.15. The van der Waals surface area contributed by atoms with Crippen LogP contribution in [-0.4, -0.2) is 40.0 Å². The van der Waals surface area contributed by atoms with Gasteiger partial charge in [0.15, 0.2) is 0 Å². The number of anilines is 1. The molecule has 1 unspecified atom stereocenters. The third-order valence-corrected chi connectivity index (χ3v) is 5.17. The number of hydrogen-bond acceptors (Lipinski definition) is 3. The highest BCUT2D eigenvalue weighted by molar-refractivity contribution is 7.99. The number of rotatable bonds is 2. The molecule has 1 saturated heterocycles. The van der Waals surface area contributed by atoms with Gasteiger partial charge in [-0.2, -0.15) is 11.8 Å². The van der Waals surface area contributed by atoms with Gasteiger partial charge in [0.1, 0.15) is 5.15 Å². The molecule has 2 fully saturated rings. The number of urea groups is 1. The van der Waals surface area contributed by atoms with Crippen molar-refractivity contribution in [3.8, 4) is 0 Å². The molecule has 4 nitrogen and oxygen atoms in total. The second-order valence-electron chi connectivity index (χ2n) is 5.43. The van der Waals surface area contributed by atoms with E-state index in [1.807, 2.05) is 23.6 Å². The first kappa shape index (κ1) is 14.0. The minimum atomic E-state index is -0.00516. The zero-order valence-electron chi connectivity index (χ0n) is 11.4. The molecule has 0 spiro atoms. The van der Waals surface area contributed by atoms with Gasteiger partial charge in [-0.1, -0.05) is 11.6 Å². The van der Waals surface area contributed by atoms with Crippen LogP contribution in [0.3, 0.4) is 0 Å². The van der Waals surface area contributed by atoms with E-state index in [1.165, 1.54) is 12.8 Å². The maximum Gasteiger partial charge on any atom is 0.322 e. The number of pyridine rings is 1. The molecule has 108 valence electrons. The molecule has 2 aliphatic rings. The van der Waals surface area contributed by atoms with E-state index in [2.05, 4.69) is 10.3 Å². The summed E-state index contributed by atoms with van der Waals surface area (Å²) in [7, 11) is 0. The van der Waals surface area contributed by atoms with Crippen molar-refractivity contribution in [3.63, 3.8) is 0 Å². The fraction of sp³-hybridized carbons (Fsp3) is 0.571. The number of amides is 2. The van der Waals surface area contributed by atoms with E-state index >= 15 is 0 Å². The number of hydrogen-bond donors (Lipinski definition) is 1. The Morgan fingerprint density at radius 3 is 3.05 bits per heavy atom. The minimum Gasteiger partial charge on any atom is -0.320 e. The number of nitrogens with one attached hydrogen (secondary N) is 1. The fourth-order valence-corrected chi connectivity index (χ4v) is 3.98. The highest BCUT2D eigenvalue weighted by Crippen LogP contribution is 2.38. The van der Waals surface area contributed by atoms with Crippen LogP contribution in [0.4, 0.5) is 10.5 Å². The number of halogens is 1. The van der Waals surface area contributed by atoms with E-state index in [1.54, 1.807) is 12.3 Å². The SMILES string of the molecule is Cc1cc(Cl)ncc1NC(=O)N1CCSCC1C1CC1. The third-order valence-electron chi connectivity index (χ3n) is 3.91. The summed E-state index contributed by atoms with van der Waals surface area (Å²) in [6.45, 7) is 2.76. The Morgan fingerprint density at radius 2 is 2.35 bits per heavy atom. The van der Waals surface area contributed by atoms with Crippen LogP contribution in [0.2, 0.25) is 5.15 Å². The summed E-state index contributed by atoms with van der Waals surface area (Å²) in [5.41, 5.74) is 1.68. The van der Waals surface area contributed by atoms with Gasteiger partial charge < -0.3 is 10.2 Å². The first-order chi connectivity index (χ1) is 9.65. The van der Waals surface area contributed by atoms with Crippen molar-refractivity contribution in [2.75, 3.05) is 23.4 Å². The van der Waals surface area contributed by atoms with E-state index in [0.717, 1.165) is 29.3 Å². The number of carbonyl (C=O) groups excluding carboxylic acids is 1. The van der Waals surface area contributed by atoms with Gasteiger partial charge >= 0.3 is 6.03 Å². The lowest BCUT2D eigenvalue weighted by atomic mass is 10.2. The first-order valence-corrected chi connectivity index (χ1v) is 8.46. The predicted octanol–water partition coefficient (Wildman–Crippen LogP) is 3.40. The van der Waals surface area contributed by atoms with Gasteiger partial charge in [-0.15, -0.1) is 0 Å². The van der Waals surface area contributed by atoms with Crippen LogP contribution < -0.4 is 5.32 Å². The Kier molecular flexibility index (Phi) is 4.08. The molecule has 0 aromatic carbocycles. The number of carbonyl (C=O) groups is 1. The standard InChI is InChI=1S/C14H18ClN3OS/c1-9-6-13(15)16-7-11(9)17-14(19)18-4-5-20-8-12(18)10-2-3-10/h6-7,10,12H,2-5,8H2,1H3,(H,17,19). The monoisotopic (exact) mass is 311 g/mol. The van der Waals surface area contributed by atoms with Gasteiger partial charge in [0.2, 0.25) is 0 Å². The second-order valence-corrected chi connectivity index (χ2v) is 6.96. The van der Waals surface area contributed by atoms with E-state index in [9.17, 15) is 4.79 Å². The van der Waals surface area contributed by atoms with Gasteiger partial charge in [0.25, 0.3) is 0 Å². The van der Waals surface area contributed by atoms with Crippen molar-refractivity contribution in [2.24, 2.45) is 5.92 Å². The maximum absolute atomic E-state index is 12.5. The highest BCUT2D eigenvalue weighted by Gasteiger charge is 2.39. The van der Waals surface area contributed by atoms with Crippen molar-refractivity contribution in [3.05, 3.63) is 23.0 Å². The normalized spacial score (nSPS) is 22.7.